The smallest absolute Gasteiger partial charge is 0.249 e. The van der Waals surface area contributed by atoms with E-state index in [1.165, 1.54) is 25.3 Å². The number of carbonyl (C=O) groups is 1. The van der Waals surface area contributed by atoms with Crippen LogP contribution in [-0.2, 0) is 16.8 Å². The van der Waals surface area contributed by atoms with Crippen molar-refractivity contribution in [1.29, 1.82) is 0 Å². The number of fused-ring (bicyclic) bond motifs is 1. The average molecular weight is 501 g/mol. The fraction of sp³-hybridized carbons (Fsp3) is 0.269. The third kappa shape index (κ3) is 3.82. The van der Waals surface area contributed by atoms with Crippen molar-refractivity contribution in [2.75, 3.05) is 26.9 Å². The van der Waals surface area contributed by atoms with E-state index in [1.54, 1.807) is 0 Å². The molecule has 0 aliphatic carbocycles. The number of ether oxygens (including phenoxy) is 3. The van der Waals surface area contributed by atoms with Crippen molar-refractivity contribution < 1.29 is 27.8 Å². The molecule has 35 heavy (non-hydrogen) atoms. The molecule has 0 spiro atoms. The molecule has 1 saturated heterocycles. The first-order valence-electron chi connectivity index (χ1n) is 11.1. The number of hydrogen-bond donors (Lipinski definition) is 2. The maximum atomic E-state index is 15.6. The van der Waals surface area contributed by atoms with E-state index in [4.69, 9.17) is 31.5 Å². The number of methoxy groups -OCH3 is 1. The molecule has 9 heteroatoms. The Kier molecular flexibility index (Phi) is 6.13. The molecule has 0 radical (unpaired) electrons. The molecule has 2 aliphatic heterocycles. The topological polar surface area (TPSA) is 82.8 Å². The minimum Gasteiger partial charge on any atom is -0.494 e. The highest BCUT2D eigenvalue weighted by Crippen LogP contribution is 2.51. The van der Waals surface area contributed by atoms with E-state index < -0.39 is 23.1 Å². The van der Waals surface area contributed by atoms with Gasteiger partial charge in [-0.3, -0.25) is 4.79 Å². The lowest BCUT2D eigenvalue weighted by molar-refractivity contribution is -0.0260. The lowest BCUT2D eigenvalue weighted by Gasteiger charge is -2.39. The van der Waals surface area contributed by atoms with E-state index >= 15 is 8.78 Å². The van der Waals surface area contributed by atoms with Gasteiger partial charge in [0.15, 0.2) is 17.2 Å². The molecule has 3 aromatic rings. The van der Waals surface area contributed by atoms with E-state index in [0.29, 0.717) is 25.3 Å². The van der Waals surface area contributed by atoms with Crippen LogP contribution in [0.2, 0.25) is 5.02 Å². The quantitative estimate of drug-likeness (QED) is 0.548. The molecule has 0 aromatic heterocycles. The number of nitrogens with one attached hydrogen (secondary N) is 1. The molecule has 2 heterocycles. The molecule has 1 amide bonds. The molecule has 5 rings (SSSR count). The van der Waals surface area contributed by atoms with E-state index in [-0.39, 0.29) is 45.7 Å². The molecule has 2 unspecified atom stereocenters. The number of amides is 1. The molecule has 2 aliphatic rings. The summed E-state index contributed by atoms with van der Waals surface area (Å²) in [4.78, 5) is 12.3. The second-order valence-corrected chi connectivity index (χ2v) is 8.89. The summed E-state index contributed by atoms with van der Waals surface area (Å²) in [5.74, 6) is -2.48. The molecular weight excluding hydrogens is 478 g/mol. The summed E-state index contributed by atoms with van der Waals surface area (Å²) >= 11 is 6.45. The average Bonchev–Trinajstić information content (AvgIpc) is 3.26. The monoisotopic (exact) mass is 500 g/mol. The zero-order chi connectivity index (χ0) is 24.7. The first-order valence-corrected chi connectivity index (χ1v) is 11.5. The lowest BCUT2D eigenvalue weighted by atomic mass is 9.80. The van der Waals surface area contributed by atoms with Gasteiger partial charge in [0.25, 0.3) is 0 Å². The van der Waals surface area contributed by atoms with Gasteiger partial charge >= 0.3 is 0 Å². The number of morpholine rings is 1. The largest absolute Gasteiger partial charge is 0.494 e. The Balaban J connectivity index is 1.76. The van der Waals surface area contributed by atoms with Crippen LogP contribution in [0.4, 0.5) is 8.78 Å². The van der Waals surface area contributed by atoms with E-state index in [2.05, 4.69) is 5.32 Å². The van der Waals surface area contributed by atoms with Gasteiger partial charge in [-0.15, -0.1) is 0 Å². The van der Waals surface area contributed by atoms with Crippen LogP contribution in [0.15, 0.2) is 48.5 Å². The van der Waals surface area contributed by atoms with Crippen molar-refractivity contribution in [2.24, 2.45) is 5.73 Å². The van der Waals surface area contributed by atoms with Gasteiger partial charge in [0.2, 0.25) is 5.91 Å². The molecule has 182 valence electrons. The van der Waals surface area contributed by atoms with Crippen molar-refractivity contribution in [2.45, 2.75) is 18.1 Å². The Morgan fingerprint density at radius 3 is 2.63 bits per heavy atom. The molecule has 6 nitrogen and oxygen atoms in total. The highest BCUT2D eigenvalue weighted by molar-refractivity contribution is 6.34. The third-order valence-corrected chi connectivity index (χ3v) is 6.98. The summed E-state index contributed by atoms with van der Waals surface area (Å²) in [7, 11) is 1.29. The summed E-state index contributed by atoms with van der Waals surface area (Å²) in [5.41, 5.74) is 5.52. The minimum absolute atomic E-state index is 0.0152. The van der Waals surface area contributed by atoms with E-state index in [9.17, 15) is 4.79 Å². The second kappa shape index (κ2) is 9.11. The van der Waals surface area contributed by atoms with Gasteiger partial charge in [0, 0.05) is 35.7 Å². The highest BCUT2D eigenvalue weighted by atomic mass is 35.5. The van der Waals surface area contributed by atoms with Crippen LogP contribution in [0.5, 0.6) is 11.5 Å². The molecule has 3 N–H and O–H groups in total. The van der Waals surface area contributed by atoms with Crippen LogP contribution in [0, 0.1) is 11.6 Å². The van der Waals surface area contributed by atoms with Gasteiger partial charge in [0.05, 0.1) is 37.0 Å². The van der Waals surface area contributed by atoms with Gasteiger partial charge in [-0.2, -0.15) is 0 Å². The van der Waals surface area contributed by atoms with Crippen LogP contribution in [0.1, 0.15) is 21.5 Å². The number of halogens is 3. The van der Waals surface area contributed by atoms with Crippen LogP contribution >= 0.6 is 11.6 Å². The Morgan fingerprint density at radius 1 is 1.20 bits per heavy atom. The van der Waals surface area contributed by atoms with Crippen molar-refractivity contribution in [1.82, 2.24) is 5.32 Å². The normalized spacial score (nSPS) is 21.3. The first-order chi connectivity index (χ1) is 16.9. The maximum Gasteiger partial charge on any atom is 0.249 e. The number of primary amides is 1. The standard InChI is InChI=1S/C26H23ClF2N2O4/c1-33-18-8-7-15(25(30)32)22(24(18)29)21-16-12-26(14-5-3-2-4-6-14,20-13-34-10-9-31-20)35-19(16)11-17(28)23(21)27/h2-8,11,20,31H,9-10,12-13H2,1H3,(H2,30,32). The van der Waals surface area contributed by atoms with Crippen molar-refractivity contribution in [3.8, 4) is 22.6 Å². The Bertz CT molecular complexity index is 1300. The second-order valence-electron chi connectivity index (χ2n) is 8.51. The highest BCUT2D eigenvalue weighted by Gasteiger charge is 2.50. The first kappa shape index (κ1) is 23.5. The van der Waals surface area contributed by atoms with Gasteiger partial charge in [-0.25, -0.2) is 8.78 Å². The Morgan fingerprint density at radius 2 is 1.97 bits per heavy atom. The summed E-state index contributed by atoms with van der Waals surface area (Å²) in [6.07, 6.45) is 0.220. The van der Waals surface area contributed by atoms with Crippen molar-refractivity contribution >= 4 is 17.5 Å². The summed E-state index contributed by atoms with van der Waals surface area (Å²) < 4.78 is 48.1. The SMILES string of the molecule is COc1ccc(C(N)=O)c(-c2c(Cl)c(F)cc3c2CC(c2ccccc2)(C2COCCN2)O3)c1F. The molecule has 0 saturated carbocycles. The zero-order valence-electron chi connectivity index (χ0n) is 18.9. The van der Waals surface area contributed by atoms with Crippen LogP contribution < -0.4 is 20.5 Å². The number of rotatable bonds is 5. The fourth-order valence-corrected chi connectivity index (χ4v) is 5.23. The van der Waals surface area contributed by atoms with Gasteiger partial charge in [-0.05, 0) is 17.7 Å². The van der Waals surface area contributed by atoms with Crippen molar-refractivity contribution in [3.05, 3.63) is 81.9 Å². The maximum absolute atomic E-state index is 15.6. The van der Waals surface area contributed by atoms with Crippen molar-refractivity contribution in [3.63, 3.8) is 0 Å². The Hall–Kier alpha value is -3.20. The molecule has 2 atom stereocenters. The predicted octanol–water partition coefficient (Wildman–Crippen LogP) is 4.21. The number of hydrogen-bond acceptors (Lipinski definition) is 5. The number of benzene rings is 3. The summed E-state index contributed by atoms with van der Waals surface area (Å²) in [6, 6.07) is 13.0. The molecule has 3 aromatic carbocycles. The third-order valence-electron chi connectivity index (χ3n) is 6.61. The van der Waals surface area contributed by atoms with E-state index in [0.717, 1.165) is 5.56 Å². The molecular formula is C26H23ClF2N2O4. The van der Waals surface area contributed by atoms with Gasteiger partial charge in [-0.1, -0.05) is 41.9 Å². The summed E-state index contributed by atoms with van der Waals surface area (Å²) in [5, 5.41) is 3.10. The fourth-order valence-electron chi connectivity index (χ4n) is 4.97. The molecule has 1 fully saturated rings. The summed E-state index contributed by atoms with van der Waals surface area (Å²) in [6.45, 7) is 1.52. The van der Waals surface area contributed by atoms with Gasteiger partial charge < -0.3 is 25.3 Å². The zero-order valence-corrected chi connectivity index (χ0v) is 19.6. The van der Waals surface area contributed by atoms with E-state index in [1.807, 2.05) is 30.3 Å². The van der Waals surface area contributed by atoms with Crippen LogP contribution in [0.25, 0.3) is 11.1 Å². The predicted molar refractivity (Wildman–Crippen MR) is 127 cm³/mol. The van der Waals surface area contributed by atoms with Crippen LogP contribution in [0.3, 0.4) is 0 Å². The minimum atomic E-state index is -0.988. The lowest BCUT2D eigenvalue weighted by Crippen LogP contribution is -2.57. The Labute approximate surface area is 205 Å². The van der Waals surface area contributed by atoms with Gasteiger partial charge in [0.1, 0.15) is 11.6 Å². The van der Waals surface area contributed by atoms with Crippen LogP contribution in [-0.4, -0.2) is 38.8 Å². The number of carbonyl (C=O) groups excluding carboxylic acids is 1. The molecule has 0 bridgehead atoms. The number of nitrogens with two attached hydrogens (primary N) is 1.